The van der Waals surface area contributed by atoms with Gasteiger partial charge in [-0.1, -0.05) is 68.1 Å². The van der Waals surface area contributed by atoms with E-state index in [1.54, 1.807) is 0 Å². The third-order valence-electron chi connectivity index (χ3n) is 8.21. The molecule has 0 fully saturated rings. The second-order valence-corrected chi connectivity index (χ2v) is 25.5. The largest absolute Gasteiger partial charge is 0.410 e. The fraction of sp³-hybridized carbons (Fsp3) is 0.633. The van der Waals surface area contributed by atoms with Gasteiger partial charge in [0.05, 0.1) is 19.9 Å². The molecule has 1 aromatic heterocycles. The third-order valence-corrected chi connectivity index (χ3v) is 15.8. The zero-order valence-corrected chi connectivity index (χ0v) is 29.4. The molecule has 3 nitrogen and oxygen atoms in total. The molecular weight excluding hydrogens is 627 g/mol. The minimum absolute atomic E-state index is 0.0173. The van der Waals surface area contributed by atoms with Crippen LogP contribution in [0.5, 0.6) is 0 Å². The molecule has 1 aliphatic carbocycles. The molecule has 38 heavy (non-hydrogen) atoms. The van der Waals surface area contributed by atoms with Crippen LogP contribution in [0.25, 0.3) is 0 Å². The summed E-state index contributed by atoms with van der Waals surface area (Å²) in [4.78, 5) is 5.15. The molecule has 8 heteroatoms. The Morgan fingerprint density at radius 2 is 1.61 bits per heavy atom. The molecule has 2 atom stereocenters. The molecule has 0 radical (unpaired) electrons. The van der Waals surface area contributed by atoms with Crippen molar-refractivity contribution in [3.8, 4) is 0 Å². The van der Waals surface area contributed by atoms with Crippen molar-refractivity contribution in [2.24, 2.45) is 5.41 Å². The summed E-state index contributed by atoms with van der Waals surface area (Å²) in [6.07, 6.45) is 0.332. The Kier molecular flexibility index (Phi) is 8.89. The highest BCUT2D eigenvalue weighted by atomic mass is 127. The van der Waals surface area contributed by atoms with Gasteiger partial charge >= 0.3 is 0 Å². The lowest BCUT2D eigenvalue weighted by Gasteiger charge is -2.44. The van der Waals surface area contributed by atoms with Crippen molar-refractivity contribution in [1.82, 2.24) is 4.98 Å². The van der Waals surface area contributed by atoms with Crippen LogP contribution in [0.2, 0.25) is 37.8 Å². The molecule has 0 saturated carbocycles. The second-order valence-electron chi connectivity index (χ2n) is 14.7. The van der Waals surface area contributed by atoms with E-state index in [0.717, 1.165) is 33.4 Å². The number of aliphatic hydroxyl groups excluding tert-OH is 1. The Morgan fingerprint density at radius 1 is 1.08 bits per heavy atom. The Morgan fingerprint density at radius 3 is 2.05 bits per heavy atom. The third kappa shape index (κ3) is 6.29. The number of halogens is 3. The first-order valence-electron chi connectivity index (χ1n) is 13.6. The van der Waals surface area contributed by atoms with E-state index in [9.17, 15) is 5.11 Å². The molecule has 212 valence electrons. The molecule has 0 spiro atoms. The smallest absolute Gasteiger partial charge is 0.192 e. The molecule has 1 aromatic carbocycles. The van der Waals surface area contributed by atoms with Crippen molar-refractivity contribution in [3.05, 3.63) is 55.4 Å². The predicted molar refractivity (Wildman–Crippen MR) is 168 cm³/mol. The fourth-order valence-electron chi connectivity index (χ4n) is 5.21. The highest BCUT2D eigenvalue weighted by molar-refractivity contribution is 14.1. The van der Waals surface area contributed by atoms with Gasteiger partial charge in [0.2, 0.25) is 0 Å². The average molecular weight is 674 g/mol. The first kappa shape index (κ1) is 31.8. The van der Waals surface area contributed by atoms with Crippen LogP contribution in [-0.2, 0) is 10.8 Å². The maximum absolute atomic E-state index is 15.2. The Balaban J connectivity index is 2.25. The number of benzene rings is 1. The van der Waals surface area contributed by atoms with Crippen molar-refractivity contribution in [2.75, 3.05) is 0 Å². The van der Waals surface area contributed by atoms with Crippen molar-refractivity contribution < 1.29 is 18.3 Å². The number of rotatable bonds is 6. The minimum Gasteiger partial charge on any atom is -0.410 e. The molecule has 0 amide bonds. The van der Waals surface area contributed by atoms with E-state index in [2.05, 4.69) is 70.3 Å². The molecule has 1 aliphatic rings. The molecule has 2 aromatic rings. The van der Waals surface area contributed by atoms with Gasteiger partial charge in [0.1, 0.15) is 17.7 Å². The number of fused-ring (bicyclic) bond motifs is 1. The lowest BCUT2D eigenvalue weighted by molar-refractivity contribution is 0.104. The quantitative estimate of drug-likeness (QED) is 0.246. The summed E-state index contributed by atoms with van der Waals surface area (Å²) in [7, 11) is -4.36. The van der Waals surface area contributed by atoms with E-state index >= 15 is 8.78 Å². The SMILES string of the molecule is CC(C)c1nc2c(c(I)c1C(O)c1cc(F)c([Si](C)(C)C)c(F)c1)C(O[Si](C)(C)C(C)(C)C)CC(C)(C)C2. The average Bonchev–Trinajstić information content (AvgIpc) is 2.68. The Bertz CT molecular complexity index is 1190. The van der Waals surface area contributed by atoms with Crippen molar-refractivity contribution in [2.45, 2.75) is 117 Å². The maximum atomic E-state index is 15.2. The van der Waals surface area contributed by atoms with Crippen LogP contribution in [0.4, 0.5) is 8.78 Å². The lowest BCUT2D eigenvalue weighted by atomic mass is 9.74. The normalized spacial score (nSPS) is 19.0. The second kappa shape index (κ2) is 10.6. The van der Waals surface area contributed by atoms with E-state index in [4.69, 9.17) is 9.41 Å². The van der Waals surface area contributed by atoms with Crippen molar-refractivity contribution in [3.63, 3.8) is 0 Å². The summed E-state index contributed by atoms with van der Waals surface area (Å²) in [5.74, 6) is -1.13. The van der Waals surface area contributed by atoms with Gasteiger partial charge in [-0.2, -0.15) is 0 Å². The van der Waals surface area contributed by atoms with E-state index in [0.29, 0.717) is 5.56 Å². The van der Waals surface area contributed by atoms with Crippen molar-refractivity contribution in [1.29, 1.82) is 0 Å². The van der Waals surface area contributed by atoms with Crippen LogP contribution in [0.15, 0.2) is 12.1 Å². The van der Waals surface area contributed by atoms with Gasteiger partial charge in [-0.3, -0.25) is 4.98 Å². The number of aromatic nitrogens is 1. The topological polar surface area (TPSA) is 42.4 Å². The lowest BCUT2D eigenvalue weighted by Crippen LogP contribution is -2.44. The first-order valence-corrected chi connectivity index (χ1v) is 21.1. The van der Waals surface area contributed by atoms with Gasteiger partial charge in [0.15, 0.2) is 8.32 Å². The zero-order chi connectivity index (χ0) is 29.2. The Hall–Kier alpha value is -0.686. The summed E-state index contributed by atoms with van der Waals surface area (Å²) >= 11 is 2.32. The maximum Gasteiger partial charge on any atom is 0.192 e. The van der Waals surface area contributed by atoms with Crippen LogP contribution >= 0.6 is 22.6 Å². The van der Waals surface area contributed by atoms with Crippen molar-refractivity contribution >= 4 is 44.2 Å². The molecular formula is C30H46F2INO2Si2. The van der Waals surface area contributed by atoms with Crippen LogP contribution in [0.3, 0.4) is 0 Å². The molecule has 3 rings (SSSR count). The van der Waals surface area contributed by atoms with Gasteiger partial charge in [-0.15, -0.1) is 0 Å². The molecule has 2 unspecified atom stereocenters. The summed E-state index contributed by atoms with van der Waals surface area (Å²) < 4.78 is 38.3. The van der Waals surface area contributed by atoms with Gasteiger partial charge in [-0.05, 0) is 82.6 Å². The van der Waals surface area contributed by atoms with Crippen LogP contribution < -0.4 is 5.19 Å². The number of pyridine rings is 1. The van der Waals surface area contributed by atoms with Gasteiger partial charge < -0.3 is 9.53 Å². The molecule has 1 heterocycles. The Labute approximate surface area is 244 Å². The standard InChI is InChI=1S/C30H46F2INO2Si2/c1-17(2)26-24(27(35)18-13-19(31)28(20(32)14-18)37(8,9)10)25(33)23-21(34-26)15-30(6,7)16-22(23)36-38(11,12)29(3,4)5/h13-14,17,22,27,35H,15-16H2,1-12H3. The molecule has 0 bridgehead atoms. The summed E-state index contributed by atoms with van der Waals surface area (Å²) in [6, 6.07) is 2.63. The summed E-state index contributed by atoms with van der Waals surface area (Å²) in [5, 5.41) is 11.9. The number of nitrogens with zero attached hydrogens (tertiary/aromatic N) is 1. The molecule has 0 saturated heterocycles. The molecule has 0 aliphatic heterocycles. The summed E-state index contributed by atoms with van der Waals surface area (Å²) in [5.41, 5.74) is 3.71. The monoisotopic (exact) mass is 673 g/mol. The van der Waals surface area contributed by atoms with E-state index < -0.39 is 34.1 Å². The van der Waals surface area contributed by atoms with E-state index in [1.807, 2.05) is 33.5 Å². The predicted octanol–water partition coefficient (Wildman–Crippen LogP) is 8.75. The van der Waals surface area contributed by atoms with Gasteiger partial charge in [-0.25, -0.2) is 8.78 Å². The number of aliphatic hydroxyl groups is 1. The highest BCUT2D eigenvalue weighted by Gasteiger charge is 2.44. The van der Waals surface area contributed by atoms with Crippen LogP contribution in [0.1, 0.15) is 101 Å². The number of hydrogen-bond acceptors (Lipinski definition) is 3. The van der Waals surface area contributed by atoms with Crippen LogP contribution in [-0.4, -0.2) is 26.5 Å². The van der Waals surface area contributed by atoms with Gasteiger partial charge in [0.25, 0.3) is 0 Å². The van der Waals surface area contributed by atoms with E-state index in [1.165, 1.54) is 12.1 Å². The zero-order valence-electron chi connectivity index (χ0n) is 25.2. The van der Waals surface area contributed by atoms with Gasteiger partial charge in [0, 0.05) is 25.6 Å². The van der Waals surface area contributed by atoms with E-state index in [-0.39, 0.29) is 33.2 Å². The first-order chi connectivity index (χ1) is 17.1. The molecule has 1 N–H and O–H groups in total. The fourth-order valence-corrected chi connectivity index (χ4v) is 9.28. The highest BCUT2D eigenvalue weighted by Crippen LogP contribution is 2.50. The van der Waals surface area contributed by atoms with Crippen LogP contribution in [0, 0.1) is 20.6 Å². The summed E-state index contributed by atoms with van der Waals surface area (Å²) in [6.45, 7) is 25.6. The number of hydrogen-bond donors (Lipinski definition) is 1. The minimum atomic E-state index is -2.24.